The molecule has 0 radical (unpaired) electrons. The average Bonchev–Trinajstić information content (AvgIpc) is 3.06. The minimum atomic E-state index is -0.728. The molecule has 1 saturated heterocycles. The minimum absolute atomic E-state index is 0.0542. The van der Waals surface area contributed by atoms with Gasteiger partial charge >= 0.3 is 0 Å². The first-order valence-corrected chi connectivity index (χ1v) is 10.1. The van der Waals surface area contributed by atoms with Gasteiger partial charge in [0.1, 0.15) is 11.5 Å². The number of rotatable bonds is 8. The lowest BCUT2D eigenvalue weighted by atomic mass is 9.95. The smallest absolute Gasteiger partial charge is 0.295 e. The predicted molar refractivity (Wildman–Crippen MR) is 116 cm³/mol. The normalized spacial score (nSPS) is 17.7. The van der Waals surface area contributed by atoms with Crippen LogP contribution in [-0.2, 0) is 9.59 Å². The van der Waals surface area contributed by atoms with Gasteiger partial charge in [0.15, 0.2) is 11.5 Å². The van der Waals surface area contributed by atoms with Gasteiger partial charge in [0.25, 0.3) is 11.7 Å². The molecule has 7 heteroatoms. The van der Waals surface area contributed by atoms with Crippen molar-refractivity contribution in [3.05, 3.63) is 59.2 Å². The van der Waals surface area contributed by atoms with E-state index in [2.05, 4.69) is 0 Å². The second kappa shape index (κ2) is 9.55. The fourth-order valence-corrected chi connectivity index (χ4v) is 3.71. The molecule has 0 aromatic heterocycles. The molecule has 1 aliphatic rings. The standard InChI is InChI=1S/C24H27NO6/c1-5-6-13-25-21(16-9-12-18(30-3)19(14-16)31-4)20(23(27)24(25)28)22(26)15-7-10-17(29-2)11-8-15/h7-12,14,21,26H,5-6,13H2,1-4H3/t21-/m0/s1. The molecule has 0 aliphatic carbocycles. The van der Waals surface area contributed by atoms with Gasteiger partial charge in [-0.05, 0) is 48.4 Å². The molecule has 0 unspecified atom stereocenters. The maximum atomic E-state index is 13.0. The summed E-state index contributed by atoms with van der Waals surface area (Å²) in [5, 5.41) is 11.1. The van der Waals surface area contributed by atoms with Crippen molar-refractivity contribution in [2.75, 3.05) is 27.9 Å². The highest BCUT2D eigenvalue weighted by atomic mass is 16.5. The lowest BCUT2D eigenvalue weighted by molar-refractivity contribution is -0.139. The third-order valence-electron chi connectivity index (χ3n) is 5.38. The molecule has 31 heavy (non-hydrogen) atoms. The van der Waals surface area contributed by atoms with Crippen molar-refractivity contribution in [2.24, 2.45) is 0 Å². The largest absolute Gasteiger partial charge is 0.507 e. The Morgan fingerprint density at radius 2 is 1.65 bits per heavy atom. The van der Waals surface area contributed by atoms with E-state index in [9.17, 15) is 14.7 Å². The molecule has 7 nitrogen and oxygen atoms in total. The Morgan fingerprint density at radius 3 is 2.23 bits per heavy atom. The Bertz CT molecular complexity index is 996. The molecule has 164 valence electrons. The summed E-state index contributed by atoms with van der Waals surface area (Å²) in [4.78, 5) is 27.4. The van der Waals surface area contributed by atoms with E-state index < -0.39 is 17.7 Å². The number of aliphatic hydroxyl groups excluding tert-OH is 1. The molecule has 0 bridgehead atoms. The Labute approximate surface area is 181 Å². The van der Waals surface area contributed by atoms with Gasteiger partial charge in [-0.15, -0.1) is 0 Å². The van der Waals surface area contributed by atoms with Gasteiger partial charge < -0.3 is 24.2 Å². The van der Waals surface area contributed by atoms with Gasteiger partial charge in [-0.3, -0.25) is 9.59 Å². The van der Waals surface area contributed by atoms with Gasteiger partial charge in [0.2, 0.25) is 0 Å². The van der Waals surface area contributed by atoms with Crippen LogP contribution in [0.5, 0.6) is 17.2 Å². The van der Waals surface area contributed by atoms with E-state index >= 15 is 0 Å². The molecule has 0 saturated carbocycles. The number of Topliss-reactive ketones (excluding diaryl/α,β-unsaturated/α-hetero) is 1. The lowest BCUT2D eigenvalue weighted by Gasteiger charge is -2.25. The molecular weight excluding hydrogens is 398 g/mol. The molecule has 2 aromatic rings. The number of ether oxygens (including phenoxy) is 3. The van der Waals surface area contributed by atoms with Gasteiger partial charge in [0.05, 0.1) is 32.9 Å². The maximum absolute atomic E-state index is 13.0. The summed E-state index contributed by atoms with van der Waals surface area (Å²) in [6.07, 6.45) is 1.60. The molecule has 1 fully saturated rings. The zero-order valence-corrected chi connectivity index (χ0v) is 18.2. The Hall–Kier alpha value is -3.48. The Balaban J connectivity index is 2.17. The van der Waals surface area contributed by atoms with Crippen molar-refractivity contribution in [3.8, 4) is 17.2 Å². The summed E-state index contributed by atoms with van der Waals surface area (Å²) in [7, 11) is 4.60. The van der Waals surface area contributed by atoms with Gasteiger partial charge in [-0.25, -0.2) is 0 Å². The van der Waals surface area contributed by atoms with Gasteiger partial charge in [-0.2, -0.15) is 0 Å². The second-order valence-electron chi connectivity index (χ2n) is 7.19. The van der Waals surface area contributed by atoms with Crippen LogP contribution in [0, 0.1) is 0 Å². The first kappa shape index (κ1) is 22.2. The third kappa shape index (κ3) is 4.21. The van der Waals surface area contributed by atoms with E-state index in [-0.39, 0.29) is 11.3 Å². The number of unbranched alkanes of at least 4 members (excludes halogenated alkanes) is 1. The topological polar surface area (TPSA) is 85.3 Å². The van der Waals surface area contributed by atoms with Crippen molar-refractivity contribution in [2.45, 2.75) is 25.8 Å². The molecule has 1 heterocycles. The molecule has 3 rings (SSSR count). The number of methoxy groups -OCH3 is 3. The van der Waals surface area contributed by atoms with E-state index in [0.29, 0.717) is 34.9 Å². The fourth-order valence-electron chi connectivity index (χ4n) is 3.71. The van der Waals surface area contributed by atoms with E-state index in [0.717, 1.165) is 12.8 Å². The number of hydrogen-bond donors (Lipinski definition) is 1. The number of ketones is 1. The molecule has 1 atom stereocenters. The number of carbonyl (C=O) groups is 2. The molecule has 1 aliphatic heterocycles. The summed E-state index contributed by atoms with van der Waals surface area (Å²) in [6.45, 7) is 2.42. The summed E-state index contributed by atoms with van der Waals surface area (Å²) in [5.41, 5.74) is 1.14. The number of benzene rings is 2. The van der Waals surface area contributed by atoms with E-state index in [1.54, 1.807) is 49.6 Å². The van der Waals surface area contributed by atoms with Crippen molar-refractivity contribution < 1.29 is 28.9 Å². The lowest BCUT2D eigenvalue weighted by Crippen LogP contribution is -2.30. The number of hydrogen-bond acceptors (Lipinski definition) is 6. The first-order chi connectivity index (χ1) is 15.0. The first-order valence-electron chi connectivity index (χ1n) is 10.1. The van der Waals surface area contributed by atoms with Crippen LogP contribution in [0.15, 0.2) is 48.0 Å². The maximum Gasteiger partial charge on any atom is 0.295 e. The van der Waals surface area contributed by atoms with Crippen LogP contribution in [0.2, 0.25) is 0 Å². The van der Waals surface area contributed by atoms with Gasteiger partial charge in [-0.1, -0.05) is 19.4 Å². The van der Waals surface area contributed by atoms with Crippen LogP contribution in [-0.4, -0.2) is 49.6 Å². The number of carbonyl (C=O) groups excluding carboxylic acids is 2. The van der Waals surface area contributed by atoms with Crippen molar-refractivity contribution >= 4 is 17.4 Å². The van der Waals surface area contributed by atoms with Crippen molar-refractivity contribution in [1.82, 2.24) is 4.90 Å². The van der Waals surface area contributed by atoms with E-state index in [4.69, 9.17) is 14.2 Å². The quantitative estimate of drug-likeness (QED) is 0.392. The monoisotopic (exact) mass is 425 g/mol. The Kier molecular flexibility index (Phi) is 6.84. The number of amides is 1. The Morgan fingerprint density at radius 1 is 0.968 bits per heavy atom. The van der Waals surface area contributed by atoms with Crippen LogP contribution in [0.4, 0.5) is 0 Å². The van der Waals surface area contributed by atoms with Crippen LogP contribution < -0.4 is 14.2 Å². The SMILES string of the molecule is CCCCN1C(=O)C(=O)C(=C(O)c2ccc(OC)cc2)[C@@H]1c1ccc(OC)c(OC)c1. The van der Waals surface area contributed by atoms with Crippen molar-refractivity contribution in [1.29, 1.82) is 0 Å². The van der Waals surface area contributed by atoms with E-state index in [1.807, 2.05) is 6.92 Å². The molecule has 0 spiro atoms. The third-order valence-corrected chi connectivity index (χ3v) is 5.38. The van der Waals surface area contributed by atoms with Gasteiger partial charge in [0, 0.05) is 12.1 Å². The summed E-state index contributed by atoms with van der Waals surface area (Å²) in [5.74, 6) is 0.0844. The summed E-state index contributed by atoms with van der Waals surface area (Å²) >= 11 is 0. The summed E-state index contributed by atoms with van der Waals surface area (Å²) in [6, 6.07) is 11.2. The summed E-state index contributed by atoms with van der Waals surface area (Å²) < 4.78 is 15.9. The van der Waals surface area contributed by atoms with E-state index in [1.165, 1.54) is 19.1 Å². The molecule has 1 N–H and O–H groups in total. The highest BCUT2D eigenvalue weighted by Crippen LogP contribution is 2.42. The van der Waals surface area contributed by atoms with Crippen LogP contribution >= 0.6 is 0 Å². The zero-order chi connectivity index (χ0) is 22.5. The minimum Gasteiger partial charge on any atom is -0.507 e. The fraction of sp³-hybridized carbons (Fsp3) is 0.333. The average molecular weight is 425 g/mol. The van der Waals surface area contributed by atoms with Crippen LogP contribution in [0.3, 0.4) is 0 Å². The van der Waals surface area contributed by atoms with Crippen molar-refractivity contribution in [3.63, 3.8) is 0 Å². The van der Waals surface area contributed by atoms with Crippen LogP contribution in [0.25, 0.3) is 5.76 Å². The zero-order valence-electron chi connectivity index (χ0n) is 18.2. The number of likely N-dealkylation sites (tertiary alicyclic amines) is 1. The highest BCUT2D eigenvalue weighted by Gasteiger charge is 2.46. The number of nitrogens with zero attached hydrogens (tertiary/aromatic N) is 1. The highest BCUT2D eigenvalue weighted by molar-refractivity contribution is 6.46. The molecule has 1 amide bonds. The second-order valence-corrected chi connectivity index (χ2v) is 7.19. The van der Waals surface area contributed by atoms with Crippen LogP contribution in [0.1, 0.15) is 36.9 Å². The molecular formula is C24H27NO6. The number of aliphatic hydroxyl groups is 1. The predicted octanol–water partition coefficient (Wildman–Crippen LogP) is 3.93. The molecule has 2 aromatic carbocycles.